The summed E-state index contributed by atoms with van der Waals surface area (Å²) in [5.41, 5.74) is 2.23. The van der Waals surface area contributed by atoms with Gasteiger partial charge in [-0.25, -0.2) is 0 Å². The molecule has 1 aromatic carbocycles. The standard InChI is InChI=1S/C24H35N3O3/c1-14(2)16-12-15-8-9-17-23(3,4)10-7-11-24(17,19(15)21(29)20(16)28)22-26-25-18(30-22)13-27(5)6/h12,14,17,28-29H,7-11,13H2,1-6H3/t17-,24+/m0/s1. The van der Waals surface area contributed by atoms with E-state index in [4.69, 9.17) is 4.42 Å². The fourth-order valence-electron chi connectivity index (χ4n) is 6.08. The predicted octanol–water partition coefficient (Wildman–Crippen LogP) is 4.72. The van der Waals surface area contributed by atoms with Crippen molar-refractivity contribution in [2.24, 2.45) is 11.3 Å². The first kappa shape index (κ1) is 21.2. The molecule has 2 aliphatic carbocycles. The van der Waals surface area contributed by atoms with E-state index in [2.05, 4.69) is 30.1 Å². The minimum Gasteiger partial charge on any atom is -0.504 e. The lowest BCUT2D eigenvalue weighted by molar-refractivity contribution is 0.0351. The van der Waals surface area contributed by atoms with Gasteiger partial charge in [0.15, 0.2) is 11.5 Å². The summed E-state index contributed by atoms with van der Waals surface area (Å²) in [6, 6.07) is 2.09. The zero-order chi connectivity index (χ0) is 21.8. The lowest BCUT2D eigenvalue weighted by Gasteiger charge is -2.54. The molecule has 1 saturated carbocycles. The number of phenols is 2. The topological polar surface area (TPSA) is 82.6 Å². The molecule has 1 aromatic heterocycles. The Morgan fingerprint density at radius 2 is 1.90 bits per heavy atom. The number of aryl methyl sites for hydroxylation is 1. The second kappa shape index (κ2) is 7.26. The van der Waals surface area contributed by atoms with E-state index >= 15 is 0 Å². The number of hydrogen-bond acceptors (Lipinski definition) is 6. The zero-order valence-corrected chi connectivity index (χ0v) is 19.1. The van der Waals surface area contributed by atoms with Crippen molar-refractivity contribution in [2.75, 3.05) is 14.1 Å². The van der Waals surface area contributed by atoms with E-state index in [-0.39, 0.29) is 28.7 Å². The quantitative estimate of drug-likeness (QED) is 0.706. The second-order valence-electron chi connectivity index (χ2n) is 10.5. The Labute approximate surface area is 179 Å². The molecule has 6 heteroatoms. The van der Waals surface area contributed by atoms with E-state index in [1.54, 1.807) is 0 Å². The Morgan fingerprint density at radius 1 is 1.17 bits per heavy atom. The molecular weight excluding hydrogens is 378 g/mol. The maximum Gasteiger partial charge on any atom is 0.230 e. The van der Waals surface area contributed by atoms with Crippen molar-refractivity contribution in [1.29, 1.82) is 0 Å². The van der Waals surface area contributed by atoms with Crippen molar-refractivity contribution < 1.29 is 14.6 Å². The van der Waals surface area contributed by atoms with E-state index < -0.39 is 5.41 Å². The van der Waals surface area contributed by atoms with Gasteiger partial charge in [-0.1, -0.05) is 40.2 Å². The smallest absolute Gasteiger partial charge is 0.230 e. The third kappa shape index (κ3) is 3.11. The predicted molar refractivity (Wildman–Crippen MR) is 116 cm³/mol. The highest BCUT2D eigenvalue weighted by Crippen LogP contribution is 2.62. The molecule has 2 aromatic rings. The van der Waals surface area contributed by atoms with Crippen molar-refractivity contribution in [1.82, 2.24) is 15.1 Å². The molecule has 2 aliphatic rings. The first-order chi connectivity index (χ1) is 14.1. The number of hydrogen-bond donors (Lipinski definition) is 2. The highest BCUT2D eigenvalue weighted by atomic mass is 16.4. The Kier molecular flexibility index (Phi) is 5.12. The zero-order valence-electron chi connectivity index (χ0n) is 19.1. The third-order valence-corrected chi connectivity index (χ3v) is 7.39. The van der Waals surface area contributed by atoms with Crippen LogP contribution < -0.4 is 0 Å². The number of rotatable bonds is 4. The summed E-state index contributed by atoms with van der Waals surface area (Å²) in [7, 11) is 3.95. The van der Waals surface area contributed by atoms with Gasteiger partial charge in [-0.15, -0.1) is 10.2 Å². The normalized spacial score (nSPS) is 25.4. The highest BCUT2D eigenvalue weighted by molar-refractivity contribution is 5.61. The number of nitrogens with zero attached hydrogens (tertiary/aromatic N) is 3. The fraction of sp³-hybridized carbons (Fsp3) is 0.667. The summed E-state index contributed by atoms with van der Waals surface area (Å²) in [4.78, 5) is 2.00. The van der Waals surface area contributed by atoms with Crippen LogP contribution >= 0.6 is 0 Å². The molecule has 0 radical (unpaired) electrons. The number of benzene rings is 1. The van der Waals surface area contributed by atoms with Gasteiger partial charge in [0.2, 0.25) is 11.8 Å². The van der Waals surface area contributed by atoms with Gasteiger partial charge in [0.05, 0.1) is 12.0 Å². The molecule has 6 nitrogen and oxygen atoms in total. The maximum atomic E-state index is 11.3. The SMILES string of the molecule is CC(C)c1cc2c(c(O)c1O)[C@@]1(c3nnc(CN(C)C)o3)CCCC(C)(C)[C@@H]1CC2. The van der Waals surface area contributed by atoms with Crippen LogP contribution in [-0.2, 0) is 18.4 Å². The van der Waals surface area contributed by atoms with Gasteiger partial charge in [0.25, 0.3) is 0 Å². The van der Waals surface area contributed by atoms with Gasteiger partial charge in [-0.3, -0.25) is 0 Å². The van der Waals surface area contributed by atoms with E-state index in [0.717, 1.165) is 48.8 Å². The largest absolute Gasteiger partial charge is 0.504 e. The molecule has 4 rings (SSSR count). The van der Waals surface area contributed by atoms with Gasteiger partial charge in [0, 0.05) is 11.1 Å². The molecule has 1 fully saturated rings. The molecule has 0 spiro atoms. The van der Waals surface area contributed by atoms with Crippen LogP contribution in [0.3, 0.4) is 0 Å². The van der Waals surface area contributed by atoms with Crippen molar-refractivity contribution in [3.05, 3.63) is 34.5 Å². The van der Waals surface area contributed by atoms with Gasteiger partial charge < -0.3 is 19.5 Å². The van der Waals surface area contributed by atoms with Crippen LogP contribution in [0.2, 0.25) is 0 Å². The van der Waals surface area contributed by atoms with Crippen molar-refractivity contribution in [3.63, 3.8) is 0 Å². The van der Waals surface area contributed by atoms with Crippen LogP contribution in [0.4, 0.5) is 0 Å². The molecular formula is C24H35N3O3. The molecule has 0 aliphatic heterocycles. The van der Waals surface area contributed by atoms with Crippen molar-refractivity contribution in [3.8, 4) is 11.5 Å². The van der Waals surface area contributed by atoms with Gasteiger partial charge in [-0.05, 0) is 62.6 Å². The van der Waals surface area contributed by atoms with Gasteiger partial charge in [0.1, 0.15) is 0 Å². The number of aromatic hydroxyl groups is 2. The molecule has 0 saturated heterocycles. The minimum atomic E-state index is -0.566. The van der Waals surface area contributed by atoms with Crippen LogP contribution in [0, 0.1) is 11.3 Å². The summed E-state index contributed by atoms with van der Waals surface area (Å²) >= 11 is 0. The Bertz CT molecular complexity index is 947. The Hall–Kier alpha value is -2.08. The highest BCUT2D eigenvalue weighted by Gasteiger charge is 2.58. The van der Waals surface area contributed by atoms with E-state index in [0.29, 0.717) is 18.3 Å². The second-order valence-corrected chi connectivity index (χ2v) is 10.5. The van der Waals surface area contributed by atoms with Crippen LogP contribution in [0.25, 0.3) is 0 Å². The van der Waals surface area contributed by atoms with E-state index in [9.17, 15) is 10.2 Å². The van der Waals surface area contributed by atoms with E-state index in [1.165, 1.54) is 0 Å². The Balaban J connectivity index is 1.97. The fourth-order valence-corrected chi connectivity index (χ4v) is 6.08. The average Bonchev–Trinajstić information content (AvgIpc) is 3.11. The summed E-state index contributed by atoms with van der Waals surface area (Å²) in [5.74, 6) is 1.57. The molecule has 0 bridgehead atoms. The number of fused-ring (bicyclic) bond motifs is 3. The lowest BCUT2D eigenvalue weighted by atomic mass is 9.49. The van der Waals surface area contributed by atoms with Crippen LogP contribution in [0.15, 0.2) is 10.5 Å². The molecule has 1 heterocycles. The molecule has 2 N–H and O–H groups in total. The summed E-state index contributed by atoms with van der Waals surface area (Å²) in [6.07, 6.45) is 4.88. The lowest BCUT2D eigenvalue weighted by Crippen LogP contribution is -2.50. The van der Waals surface area contributed by atoms with E-state index in [1.807, 2.05) is 32.8 Å². The molecule has 2 atom stereocenters. The van der Waals surface area contributed by atoms with Crippen LogP contribution in [0.1, 0.15) is 87.8 Å². The Morgan fingerprint density at radius 3 is 2.57 bits per heavy atom. The van der Waals surface area contributed by atoms with Gasteiger partial charge >= 0.3 is 0 Å². The van der Waals surface area contributed by atoms with Gasteiger partial charge in [-0.2, -0.15) is 0 Å². The van der Waals surface area contributed by atoms with Crippen molar-refractivity contribution >= 4 is 0 Å². The minimum absolute atomic E-state index is 0.000171. The molecule has 30 heavy (non-hydrogen) atoms. The maximum absolute atomic E-state index is 11.3. The monoisotopic (exact) mass is 413 g/mol. The van der Waals surface area contributed by atoms with Crippen LogP contribution in [-0.4, -0.2) is 39.4 Å². The first-order valence-electron chi connectivity index (χ1n) is 11.1. The summed E-state index contributed by atoms with van der Waals surface area (Å²) < 4.78 is 6.26. The molecule has 164 valence electrons. The number of phenolic OH excluding ortho intramolecular Hbond substituents is 2. The first-order valence-corrected chi connectivity index (χ1v) is 11.1. The van der Waals surface area contributed by atoms with Crippen LogP contribution in [0.5, 0.6) is 11.5 Å². The number of aromatic nitrogens is 2. The third-order valence-electron chi connectivity index (χ3n) is 7.39. The molecule has 0 amide bonds. The molecule has 0 unspecified atom stereocenters. The summed E-state index contributed by atoms with van der Waals surface area (Å²) in [5, 5.41) is 31.1. The van der Waals surface area contributed by atoms with Crippen molar-refractivity contribution in [2.45, 2.75) is 77.7 Å². The average molecular weight is 414 g/mol. The summed E-state index contributed by atoms with van der Waals surface area (Å²) in [6.45, 7) is 9.28.